The standard InChI is InChI=1S/C13H23N5O2S/c14-21(19,20)17-9-7-16(8-10-17)11-12-5-6-18(15-12)13-3-1-2-4-13/h5-6,13H,1-4,7-11H2,(H2,14,19,20). The molecule has 1 saturated heterocycles. The lowest BCUT2D eigenvalue weighted by molar-refractivity contribution is 0.179. The molecule has 0 radical (unpaired) electrons. The highest BCUT2D eigenvalue weighted by atomic mass is 32.2. The molecule has 2 aliphatic rings. The Morgan fingerprint density at radius 3 is 2.48 bits per heavy atom. The molecule has 118 valence electrons. The van der Waals surface area contributed by atoms with Crippen LogP contribution in [0.2, 0.25) is 0 Å². The molecule has 7 nitrogen and oxygen atoms in total. The lowest BCUT2D eigenvalue weighted by atomic mass is 10.3. The van der Waals surface area contributed by atoms with Crippen LogP contribution in [0.15, 0.2) is 12.3 Å². The first kappa shape index (κ1) is 15.0. The van der Waals surface area contributed by atoms with Crippen LogP contribution in [-0.2, 0) is 16.8 Å². The number of hydrogen-bond donors (Lipinski definition) is 1. The zero-order valence-corrected chi connectivity index (χ0v) is 13.0. The van der Waals surface area contributed by atoms with E-state index in [9.17, 15) is 8.42 Å². The fraction of sp³-hybridized carbons (Fsp3) is 0.769. The first-order chi connectivity index (χ1) is 10.0. The Morgan fingerprint density at radius 2 is 1.86 bits per heavy atom. The Morgan fingerprint density at radius 1 is 1.19 bits per heavy atom. The van der Waals surface area contributed by atoms with Crippen LogP contribution in [0.25, 0.3) is 0 Å². The Kier molecular flexibility index (Phi) is 4.30. The summed E-state index contributed by atoms with van der Waals surface area (Å²) in [5.41, 5.74) is 1.06. The maximum atomic E-state index is 11.3. The molecular weight excluding hydrogens is 290 g/mol. The van der Waals surface area contributed by atoms with Crippen molar-refractivity contribution in [3.05, 3.63) is 18.0 Å². The minimum atomic E-state index is -3.54. The zero-order valence-electron chi connectivity index (χ0n) is 12.2. The van der Waals surface area contributed by atoms with Gasteiger partial charge in [-0.25, -0.2) is 5.14 Å². The summed E-state index contributed by atoms with van der Waals surface area (Å²) in [6.07, 6.45) is 7.14. The molecule has 2 fully saturated rings. The molecule has 0 amide bonds. The summed E-state index contributed by atoms with van der Waals surface area (Å²) in [6, 6.07) is 2.64. The molecule has 0 atom stereocenters. The third kappa shape index (κ3) is 3.63. The normalized spacial score (nSPS) is 22.9. The summed E-state index contributed by atoms with van der Waals surface area (Å²) in [5, 5.41) is 9.82. The number of hydrogen-bond acceptors (Lipinski definition) is 4. The van der Waals surface area contributed by atoms with E-state index >= 15 is 0 Å². The van der Waals surface area contributed by atoms with Gasteiger partial charge in [0, 0.05) is 38.9 Å². The van der Waals surface area contributed by atoms with Crippen LogP contribution in [0.4, 0.5) is 0 Å². The van der Waals surface area contributed by atoms with Crippen molar-refractivity contribution in [2.75, 3.05) is 26.2 Å². The smallest absolute Gasteiger partial charge is 0.276 e. The van der Waals surface area contributed by atoms with E-state index in [1.54, 1.807) is 0 Å². The lowest BCUT2D eigenvalue weighted by Gasteiger charge is -2.32. The van der Waals surface area contributed by atoms with Crippen molar-refractivity contribution in [1.29, 1.82) is 0 Å². The summed E-state index contributed by atoms with van der Waals surface area (Å²) >= 11 is 0. The van der Waals surface area contributed by atoms with Crippen molar-refractivity contribution in [2.45, 2.75) is 38.3 Å². The average Bonchev–Trinajstić information content (AvgIpc) is 3.08. The molecule has 8 heteroatoms. The third-order valence-electron chi connectivity index (χ3n) is 4.44. The molecule has 1 aromatic heterocycles. The Hall–Kier alpha value is -0.960. The van der Waals surface area contributed by atoms with E-state index in [0.717, 1.165) is 12.2 Å². The molecule has 3 rings (SSSR count). The van der Waals surface area contributed by atoms with Crippen molar-refractivity contribution in [3.63, 3.8) is 0 Å². The minimum Gasteiger partial charge on any atom is -0.295 e. The molecule has 2 heterocycles. The fourth-order valence-electron chi connectivity index (χ4n) is 3.21. The van der Waals surface area contributed by atoms with Crippen molar-refractivity contribution in [1.82, 2.24) is 19.0 Å². The zero-order chi connectivity index (χ0) is 14.9. The highest BCUT2D eigenvalue weighted by molar-refractivity contribution is 7.86. The van der Waals surface area contributed by atoms with Gasteiger partial charge in [-0.2, -0.15) is 17.8 Å². The fourth-order valence-corrected chi connectivity index (χ4v) is 3.88. The number of aromatic nitrogens is 2. The van der Waals surface area contributed by atoms with Gasteiger partial charge in [0.15, 0.2) is 0 Å². The van der Waals surface area contributed by atoms with Gasteiger partial charge >= 0.3 is 0 Å². The van der Waals surface area contributed by atoms with Crippen LogP contribution in [0, 0.1) is 0 Å². The van der Waals surface area contributed by atoms with Gasteiger partial charge in [0.1, 0.15) is 0 Å². The lowest BCUT2D eigenvalue weighted by Crippen LogP contribution is -2.50. The van der Waals surface area contributed by atoms with Crippen LogP contribution >= 0.6 is 0 Å². The molecule has 2 N–H and O–H groups in total. The Labute approximate surface area is 125 Å². The van der Waals surface area contributed by atoms with Gasteiger partial charge < -0.3 is 0 Å². The minimum absolute atomic E-state index is 0.460. The van der Waals surface area contributed by atoms with Gasteiger partial charge in [0.05, 0.1) is 11.7 Å². The molecule has 1 saturated carbocycles. The summed E-state index contributed by atoms with van der Waals surface area (Å²) in [4.78, 5) is 2.23. The topological polar surface area (TPSA) is 84.5 Å². The maximum Gasteiger partial charge on any atom is 0.276 e. The number of nitrogens with zero attached hydrogens (tertiary/aromatic N) is 4. The second-order valence-corrected chi connectivity index (χ2v) is 7.49. The quantitative estimate of drug-likeness (QED) is 0.867. The van der Waals surface area contributed by atoms with E-state index in [2.05, 4.69) is 26.9 Å². The molecule has 0 bridgehead atoms. The predicted octanol–water partition coefficient (Wildman–Crippen LogP) is 0.319. The van der Waals surface area contributed by atoms with E-state index in [1.807, 2.05) is 0 Å². The van der Waals surface area contributed by atoms with Crippen molar-refractivity contribution >= 4 is 10.2 Å². The Balaban J connectivity index is 1.53. The van der Waals surface area contributed by atoms with Crippen LogP contribution in [0.1, 0.15) is 37.4 Å². The molecule has 0 unspecified atom stereocenters. The van der Waals surface area contributed by atoms with Crippen molar-refractivity contribution in [2.24, 2.45) is 5.14 Å². The van der Waals surface area contributed by atoms with Crippen LogP contribution in [0.5, 0.6) is 0 Å². The molecule has 1 aliphatic carbocycles. The summed E-state index contributed by atoms with van der Waals surface area (Å²) in [7, 11) is -3.54. The Bertz CT molecular complexity index is 571. The molecule has 0 spiro atoms. The molecule has 21 heavy (non-hydrogen) atoms. The van der Waals surface area contributed by atoms with Crippen molar-refractivity contribution in [3.8, 4) is 0 Å². The first-order valence-corrected chi connectivity index (χ1v) is 9.07. The van der Waals surface area contributed by atoms with Crippen molar-refractivity contribution < 1.29 is 8.42 Å². The predicted molar refractivity (Wildman–Crippen MR) is 79.7 cm³/mol. The first-order valence-electron chi connectivity index (χ1n) is 7.56. The van der Waals surface area contributed by atoms with Gasteiger partial charge in [-0.3, -0.25) is 9.58 Å². The molecule has 1 aliphatic heterocycles. The van der Waals surface area contributed by atoms with E-state index in [-0.39, 0.29) is 0 Å². The highest BCUT2D eigenvalue weighted by Gasteiger charge is 2.24. The number of piperazine rings is 1. The molecular formula is C13H23N5O2S. The van der Waals surface area contributed by atoms with E-state index < -0.39 is 10.2 Å². The maximum absolute atomic E-state index is 11.3. The molecule has 0 aromatic carbocycles. The van der Waals surface area contributed by atoms with E-state index in [1.165, 1.54) is 30.0 Å². The number of rotatable bonds is 4. The van der Waals surface area contributed by atoms with Gasteiger partial charge in [-0.15, -0.1) is 0 Å². The van der Waals surface area contributed by atoms with E-state index in [0.29, 0.717) is 32.2 Å². The van der Waals surface area contributed by atoms with Crippen LogP contribution < -0.4 is 5.14 Å². The summed E-state index contributed by atoms with van der Waals surface area (Å²) in [6.45, 7) is 3.10. The van der Waals surface area contributed by atoms with Gasteiger partial charge in [-0.05, 0) is 18.9 Å². The SMILES string of the molecule is NS(=O)(=O)N1CCN(Cc2ccn(C3CCCC3)n2)CC1. The summed E-state index contributed by atoms with van der Waals surface area (Å²) in [5.74, 6) is 0. The second-order valence-electron chi connectivity index (χ2n) is 5.95. The summed E-state index contributed by atoms with van der Waals surface area (Å²) < 4.78 is 26.0. The second kappa shape index (κ2) is 6.04. The van der Waals surface area contributed by atoms with E-state index in [4.69, 9.17) is 5.14 Å². The van der Waals surface area contributed by atoms with Gasteiger partial charge in [0.2, 0.25) is 0 Å². The monoisotopic (exact) mass is 313 g/mol. The molecule has 1 aromatic rings. The largest absolute Gasteiger partial charge is 0.295 e. The van der Waals surface area contributed by atoms with Gasteiger partial charge in [0.25, 0.3) is 10.2 Å². The number of nitrogens with two attached hydrogens (primary N) is 1. The van der Waals surface area contributed by atoms with Crippen LogP contribution in [-0.4, -0.2) is 53.6 Å². The average molecular weight is 313 g/mol. The highest BCUT2D eigenvalue weighted by Crippen LogP contribution is 2.28. The van der Waals surface area contributed by atoms with Gasteiger partial charge in [-0.1, -0.05) is 12.8 Å². The van der Waals surface area contributed by atoms with Crippen LogP contribution in [0.3, 0.4) is 0 Å². The third-order valence-corrected chi connectivity index (χ3v) is 5.52.